The van der Waals surface area contributed by atoms with Gasteiger partial charge in [0.15, 0.2) is 0 Å². The van der Waals surface area contributed by atoms with Crippen LogP contribution in [0.5, 0.6) is 0 Å². The molecular formula is C20H13F4N5O. The molecule has 30 heavy (non-hydrogen) atoms. The SMILES string of the molecule is Nc1nc(Nc2ccccc2)nc2[nH]c(=O)c(-c3c(F)cccc3C(F)(F)F)cc12. The van der Waals surface area contributed by atoms with Gasteiger partial charge in [-0.1, -0.05) is 24.3 Å². The lowest BCUT2D eigenvalue weighted by atomic mass is 9.99. The number of hydrogen-bond donors (Lipinski definition) is 3. The Morgan fingerprint density at radius 2 is 1.73 bits per heavy atom. The van der Waals surface area contributed by atoms with Crippen LogP contribution in [-0.4, -0.2) is 15.0 Å². The smallest absolute Gasteiger partial charge is 0.383 e. The van der Waals surface area contributed by atoms with Crippen molar-refractivity contribution in [2.24, 2.45) is 0 Å². The number of benzene rings is 2. The van der Waals surface area contributed by atoms with Gasteiger partial charge >= 0.3 is 6.18 Å². The van der Waals surface area contributed by atoms with Gasteiger partial charge in [-0.05, 0) is 30.3 Å². The van der Waals surface area contributed by atoms with E-state index < -0.39 is 34.2 Å². The Labute approximate surface area is 166 Å². The van der Waals surface area contributed by atoms with Crippen LogP contribution in [0.4, 0.5) is 35.0 Å². The Kier molecular flexibility index (Phi) is 4.61. The Morgan fingerprint density at radius 1 is 1.00 bits per heavy atom. The predicted octanol–water partition coefficient (Wildman–Crippen LogP) is 4.47. The maximum atomic E-state index is 14.3. The van der Waals surface area contributed by atoms with Gasteiger partial charge in [0.25, 0.3) is 5.56 Å². The fourth-order valence-corrected chi connectivity index (χ4v) is 3.04. The normalized spacial score (nSPS) is 11.6. The summed E-state index contributed by atoms with van der Waals surface area (Å²) in [5.41, 5.74) is 3.01. The number of anilines is 3. The number of pyridine rings is 1. The molecule has 10 heteroatoms. The molecule has 0 spiro atoms. The van der Waals surface area contributed by atoms with Crippen LogP contribution in [-0.2, 0) is 6.18 Å². The van der Waals surface area contributed by atoms with E-state index in [-0.39, 0.29) is 22.8 Å². The highest BCUT2D eigenvalue weighted by Gasteiger charge is 2.35. The number of halogens is 4. The van der Waals surface area contributed by atoms with Crippen molar-refractivity contribution in [3.8, 4) is 11.1 Å². The van der Waals surface area contributed by atoms with Crippen molar-refractivity contribution >= 4 is 28.5 Å². The number of hydrogen-bond acceptors (Lipinski definition) is 5. The second-order valence-corrected chi connectivity index (χ2v) is 6.36. The van der Waals surface area contributed by atoms with Crippen molar-refractivity contribution in [3.63, 3.8) is 0 Å². The summed E-state index contributed by atoms with van der Waals surface area (Å²) in [5, 5.41) is 2.99. The number of fused-ring (bicyclic) bond motifs is 1. The first-order chi connectivity index (χ1) is 14.2. The quantitative estimate of drug-likeness (QED) is 0.429. The van der Waals surface area contributed by atoms with Crippen molar-refractivity contribution in [3.05, 3.63) is 76.3 Å². The average Bonchev–Trinajstić information content (AvgIpc) is 2.68. The molecule has 0 fully saturated rings. The summed E-state index contributed by atoms with van der Waals surface area (Å²) in [6, 6.07) is 12.4. The van der Waals surface area contributed by atoms with Crippen LogP contribution in [0.3, 0.4) is 0 Å². The second-order valence-electron chi connectivity index (χ2n) is 6.36. The van der Waals surface area contributed by atoms with Crippen LogP contribution in [0.25, 0.3) is 22.2 Å². The van der Waals surface area contributed by atoms with Crippen LogP contribution in [0.1, 0.15) is 5.56 Å². The van der Waals surface area contributed by atoms with Crippen molar-refractivity contribution in [2.45, 2.75) is 6.18 Å². The third-order valence-corrected chi connectivity index (χ3v) is 4.36. The number of nitrogen functional groups attached to an aromatic ring is 1. The molecule has 6 nitrogen and oxygen atoms in total. The van der Waals surface area contributed by atoms with E-state index in [1.54, 1.807) is 24.3 Å². The number of para-hydroxylation sites is 1. The third kappa shape index (κ3) is 3.54. The highest BCUT2D eigenvalue weighted by atomic mass is 19.4. The molecule has 0 saturated heterocycles. The molecule has 4 aromatic rings. The zero-order valence-corrected chi connectivity index (χ0v) is 15.1. The number of rotatable bonds is 3. The number of nitrogens with two attached hydrogens (primary N) is 1. The summed E-state index contributed by atoms with van der Waals surface area (Å²) in [4.78, 5) is 23.1. The van der Waals surface area contributed by atoms with Gasteiger partial charge in [0.2, 0.25) is 5.95 Å². The molecule has 2 aromatic carbocycles. The van der Waals surface area contributed by atoms with Crippen LogP contribution < -0.4 is 16.6 Å². The fraction of sp³-hybridized carbons (Fsp3) is 0.0500. The molecular weight excluding hydrogens is 402 g/mol. The second kappa shape index (κ2) is 7.14. The van der Waals surface area contributed by atoms with Crippen LogP contribution in [0.15, 0.2) is 59.4 Å². The van der Waals surface area contributed by atoms with Gasteiger partial charge in [-0.25, -0.2) is 4.39 Å². The van der Waals surface area contributed by atoms with Crippen molar-refractivity contribution < 1.29 is 17.6 Å². The van der Waals surface area contributed by atoms with E-state index in [2.05, 4.69) is 20.3 Å². The number of nitrogens with zero attached hydrogens (tertiary/aromatic N) is 2. The molecule has 4 N–H and O–H groups in total. The Hall–Kier alpha value is -3.95. The lowest BCUT2D eigenvalue weighted by Gasteiger charge is -2.14. The minimum absolute atomic E-state index is 0.000390. The highest BCUT2D eigenvalue weighted by molar-refractivity contribution is 5.90. The Morgan fingerprint density at radius 3 is 2.43 bits per heavy atom. The first-order valence-electron chi connectivity index (χ1n) is 8.63. The molecule has 0 radical (unpaired) electrons. The summed E-state index contributed by atoms with van der Waals surface area (Å²) in [5.74, 6) is -1.20. The molecule has 0 atom stereocenters. The standard InChI is InChI=1S/C20H13F4N5O/c21-14-8-4-7-13(20(22,23)24)15(14)11-9-12-16(25)27-19(29-17(12)28-18(11)30)26-10-5-2-1-3-6-10/h1-9H,(H4,25,26,27,28,29,30). The summed E-state index contributed by atoms with van der Waals surface area (Å²) in [6.45, 7) is 0. The van der Waals surface area contributed by atoms with E-state index in [0.29, 0.717) is 11.8 Å². The molecule has 0 aliphatic rings. The first-order valence-corrected chi connectivity index (χ1v) is 8.63. The minimum Gasteiger partial charge on any atom is -0.383 e. The van der Waals surface area contributed by atoms with Crippen molar-refractivity contribution in [2.75, 3.05) is 11.1 Å². The third-order valence-electron chi connectivity index (χ3n) is 4.36. The van der Waals surface area contributed by atoms with Gasteiger partial charge in [-0.15, -0.1) is 0 Å². The average molecular weight is 415 g/mol. The van der Waals surface area contributed by atoms with Gasteiger partial charge in [-0.2, -0.15) is 23.1 Å². The number of H-pyrrole nitrogens is 1. The van der Waals surface area contributed by atoms with E-state index in [9.17, 15) is 22.4 Å². The molecule has 0 aliphatic heterocycles. The molecule has 0 aliphatic carbocycles. The molecule has 0 saturated carbocycles. The van der Waals surface area contributed by atoms with Crippen LogP contribution in [0, 0.1) is 5.82 Å². The summed E-state index contributed by atoms with van der Waals surface area (Å²) < 4.78 is 54.4. The molecule has 0 amide bonds. The lowest BCUT2D eigenvalue weighted by Crippen LogP contribution is -2.16. The molecule has 0 unspecified atom stereocenters. The maximum Gasteiger partial charge on any atom is 0.417 e. The van der Waals surface area contributed by atoms with Gasteiger partial charge in [0, 0.05) is 11.3 Å². The Balaban J connectivity index is 1.88. The molecule has 4 rings (SSSR count). The van der Waals surface area contributed by atoms with Gasteiger partial charge in [0.05, 0.1) is 16.5 Å². The maximum absolute atomic E-state index is 14.3. The summed E-state index contributed by atoms with van der Waals surface area (Å²) in [6.07, 6.45) is -4.86. The minimum atomic E-state index is -4.86. The molecule has 152 valence electrons. The predicted molar refractivity (Wildman–Crippen MR) is 105 cm³/mol. The van der Waals surface area contributed by atoms with E-state index >= 15 is 0 Å². The zero-order valence-electron chi connectivity index (χ0n) is 15.1. The van der Waals surface area contributed by atoms with E-state index in [1.807, 2.05) is 6.07 Å². The highest BCUT2D eigenvalue weighted by Crippen LogP contribution is 2.38. The van der Waals surface area contributed by atoms with Crippen LogP contribution >= 0.6 is 0 Å². The molecule has 2 aromatic heterocycles. The largest absolute Gasteiger partial charge is 0.417 e. The molecule has 2 heterocycles. The van der Waals surface area contributed by atoms with Gasteiger partial charge in [-0.3, -0.25) is 4.79 Å². The van der Waals surface area contributed by atoms with E-state index in [4.69, 9.17) is 5.73 Å². The van der Waals surface area contributed by atoms with Gasteiger partial charge < -0.3 is 16.0 Å². The summed E-state index contributed by atoms with van der Waals surface area (Å²) >= 11 is 0. The monoisotopic (exact) mass is 415 g/mol. The Bertz CT molecular complexity index is 1300. The van der Waals surface area contributed by atoms with Crippen LogP contribution in [0.2, 0.25) is 0 Å². The summed E-state index contributed by atoms with van der Waals surface area (Å²) in [7, 11) is 0. The van der Waals surface area contributed by atoms with E-state index in [1.165, 1.54) is 0 Å². The lowest BCUT2D eigenvalue weighted by molar-refractivity contribution is -0.137. The number of aromatic nitrogens is 3. The number of alkyl halides is 3. The topological polar surface area (TPSA) is 96.7 Å². The van der Waals surface area contributed by atoms with E-state index in [0.717, 1.165) is 18.2 Å². The first kappa shape index (κ1) is 19.4. The zero-order chi connectivity index (χ0) is 21.5. The number of nitrogens with one attached hydrogen (secondary N) is 2. The molecule has 0 bridgehead atoms. The van der Waals surface area contributed by atoms with Crippen molar-refractivity contribution in [1.29, 1.82) is 0 Å². The fourth-order valence-electron chi connectivity index (χ4n) is 3.04. The van der Waals surface area contributed by atoms with Crippen molar-refractivity contribution in [1.82, 2.24) is 15.0 Å². The number of aromatic amines is 1. The van der Waals surface area contributed by atoms with Gasteiger partial charge in [0.1, 0.15) is 17.3 Å².